The van der Waals surface area contributed by atoms with Crippen LogP contribution in [-0.2, 0) is 0 Å². The molecule has 2 heteroatoms. The van der Waals surface area contributed by atoms with E-state index >= 15 is 0 Å². The molecule has 0 spiro atoms. The van der Waals surface area contributed by atoms with Crippen molar-refractivity contribution in [2.75, 3.05) is 4.90 Å². The number of hydrogen-bond donors (Lipinski definition) is 0. The highest BCUT2D eigenvalue weighted by molar-refractivity contribution is 9.10. The molecule has 0 heterocycles. The molecule has 0 bridgehead atoms. The van der Waals surface area contributed by atoms with Gasteiger partial charge in [0.1, 0.15) is 0 Å². The van der Waals surface area contributed by atoms with E-state index in [-0.39, 0.29) is 0 Å². The summed E-state index contributed by atoms with van der Waals surface area (Å²) in [6.07, 6.45) is 0. The van der Waals surface area contributed by atoms with E-state index < -0.39 is 0 Å². The number of rotatable bonds is 5. The third-order valence-corrected chi connectivity index (χ3v) is 7.92. The minimum absolute atomic E-state index is 1.09. The zero-order valence-corrected chi connectivity index (χ0v) is 23.4. The van der Waals surface area contributed by atoms with Gasteiger partial charge in [0.25, 0.3) is 0 Å². The quantitative estimate of drug-likeness (QED) is 0.197. The van der Waals surface area contributed by atoms with Gasteiger partial charge in [-0.1, -0.05) is 119 Å². The van der Waals surface area contributed by atoms with Crippen LogP contribution in [0.5, 0.6) is 0 Å². The van der Waals surface area contributed by atoms with Crippen molar-refractivity contribution in [2.24, 2.45) is 0 Å². The smallest absolute Gasteiger partial charge is 0.0473 e. The van der Waals surface area contributed by atoms with E-state index in [1.54, 1.807) is 0 Å². The molecule has 0 amide bonds. The van der Waals surface area contributed by atoms with Gasteiger partial charge in [-0.25, -0.2) is 0 Å². The first-order chi connectivity index (χ1) is 19.7. The van der Waals surface area contributed by atoms with Crippen LogP contribution in [0, 0.1) is 0 Å². The lowest BCUT2D eigenvalue weighted by atomic mass is 9.97. The molecule has 7 aromatic rings. The Morgan fingerprint density at radius 2 is 0.800 bits per heavy atom. The van der Waals surface area contributed by atoms with E-state index in [1.165, 1.54) is 43.8 Å². The second-order valence-electron chi connectivity index (χ2n) is 10.0. The first-order valence-corrected chi connectivity index (χ1v) is 14.2. The Morgan fingerprint density at radius 1 is 0.325 bits per heavy atom. The average Bonchev–Trinajstić information content (AvgIpc) is 3.02. The van der Waals surface area contributed by atoms with Crippen LogP contribution in [0.1, 0.15) is 0 Å². The monoisotopic (exact) mass is 575 g/mol. The van der Waals surface area contributed by atoms with Crippen molar-refractivity contribution < 1.29 is 0 Å². The number of halogens is 1. The first-order valence-electron chi connectivity index (χ1n) is 13.5. The fourth-order valence-corrected chi connectivity index (χ4v) is 5.82. The molecule has 7 aromatic carbocycles. The van der Waals surface area contributed by atoms with E-state index in [2.05, 4.69) is 179 Å². The number of fused-ring (bicyclic) bond motifs is 2. The Balaban J connectivity index is 1.49. The Morgan fingerprint density at radius 3 is 1.43 bits per heavy atom. The molecule has 7 rings (SSSR count). The molecule has 0 saturated heterocycles. The van der Waals surface area contributed by atoms with E-state index in [1.807, 2.05) is 0 Å². The largest absolute Gasteiger partial charge is 0.310 e. The lowest BCUT2D eigenvalue weighted by Crippen LogP contribution is -2.10. The summed E-state index contributed by atoms with van der Waals surface area (Å²) in [5.74, 6) is 0. The Kier molecular flexibility index (Phi) is 6.39. The molecule has 0 aliphatic carbocycles. The normalized spacial score (nSPS) is 11.1. The van der Waals surface area contributed by atoms with Gasteiger partial charge in [-0.15, -0.1) is 0 Å². The van der Waals surface area contributed by atoms with E-state index in [4.69, 9.17) is 0 Å². The van der Waals surface area contributed by atoms with Crippen molar-refractivity contribution in [2.45, 2.75) is 0 Å². The topological polar surface area (TPSA) is 3.24 Å². The molecule has 0 unspecified atom stereocenters. The van der Waals surface area contributed by atoms with Crippen LogP contribution >= 0.6 is 15.9 Å². The van der Waals surface area contributed by atoms with E-state index in [0.717, 1.165) is 21.5 Å². The summed E-state index contributed by atoms with van der Waals surface area (Å²) in [5.41, 5.74) is 8.13. The molecular formula is C38H26BrN. The van der Waals surface area contributed by atoms with Gasteiger partial charge in [-0.3, -0.25) is 0 Å². The number of benzene rings is 7. The molecule has 0 radical (unpaired) electrons. The zero-order valence-electron chi connectivity index (χ0n) is 21.8. The van der Waals surface area contributed by atoms with Crippen LogP contribution in [0.25, 0.3) is 43.8 Å². The number of anilines is 3. The molecule has 0 N–H and O–H groups in total. The maximum Gasteiger partial charge on any atom is 0.0473 e. The number of nitrogens with zero attached hydrogens (tertiary/aromatic N) is 1. The van der Waals surface area contributed by atoms with Gasteiger partial charge in [0.15, 0.2) is 0 Å². The second kappa shape index (κ2) is 10.5. The summed E-state index contributed by atoms with van der Waals surface area (Å²) in [6, 6.07) is 56.7. The lowest BCUT2D eigenvalue weighted by Gasteiger charge is -2.27. The van der Waals surface area contributed by atoms with Gasteiger partial charge < -0.3 is 4.90 Å². The van der Waals surface area contributed by atoms with Crippen LogP contribution in [0.15, 0.2) is 162 Å². The van der Waals surface area contributed by atoms with Crippen molar-refractivity contribution >= 4 is 54.5 Å². The fourth-order valence-electron chi connectivity index (χ4n) is 5.44. The fraction of sp³-hybridized carbons (Fsp3) is 0. The summed E-state index contributed by atoms with van der Waals surface area (Å²) in [6.45, 7) is 0. The van der Waals surface area contributed by atoms with E-state index in [0.29, 0.717) is 0 Å². The van der Waals surface area contributed by atoms with Gasteiger partial charge in [0.05, 0.1) is 0 Å². The summed E-state index contributed by atoms with van der Waals surface area (Å²) in [5, 5.41) is 4.86. The zero-order chi connectivity index (χ0) is 26.9. The van der Waals surface area contributed by atoms with E-state index in [9.17, 15) is 0 Å². The Bertz CT molecular complexity index is 1900. The van der Waals surface area contributed by atoms with Crippen LogP contribution in [0.4, 0.5) is 17.1 Å². The van der Waals surface area contributed by atoms with Crippen LogP contribution < -0.4 is 4.90 Å². The number of hydrogen-bond acceptors (Lipinski definition) is 1. The second-order valence-corrected chi connectivity index (χ2v) is 11.0. The lowest BCUT2D eigenvalue weighted by molar-refractivity contribution is 1.29. The van der Waals surface area contributed by atoms with Gasteiger partial charge in [0.2, 0.25) is 0 Å². The standard InChI is InChI=1S/C38H26BrN/c39-35-18-15-32-24-37(20-17-31(32)22-35)40(36-19-16-29-13-7-8-14-30(29)23-36)38-25-33(27-9-3-1-4-10-27)21-34(26-38)28-11-5-2-6-12-28/h1-26H. The predicted octanol–water partition coefficient (Wildman–Crippen LogP) is 11.6. The van der Waals surface area contributed by atoms with Crippen molar-refractivity contribution in [3.8, 4) is 22.3 Å². The van der Waals surface area contributed by atoms with Gasteiger partial charge >= 0.3 is 0 Å². The average molecular weight is 577 g/mol. The highest BCUT2D eigenvalue weighted by Crippen LogP contribution is 2.41. The van der Waals surface area contributed by atoms with Crippen molar-refractivity contribution in [1.82, 2.24) is 0 Å². The van der Waals surface area contributed by atoms with Crippen LogP contribution in [-0.4, -0.2) is 0 Å². The highest BCUT2D eigenvalue weighted by atomic mass is 79.9. The minimum Gasteiger partial charge on any atom is -0.310 e. The van der Waals surface area contributed by atoms with Crippen LogP contribution in [0.2, 0.25) is 0 Å². The molecule has 190 valence electrons. The Hall–Kier alpha value is -4.66. The van der Waals surface area contributed by atoms with Crippen molar-refractivity contribution in [1.29, 1.82) is 0 Å². The predicted molar refractivity (Wildman–Crippen MR) is 175 cm³/mol. The molecule has 1 nitrogen and oxygen atoms in total. The molecule has 0 aliphatic rings. The summed E-state index contributed by atoms with van der Waals surface area (Å²) >= 11 is 3.63. The molecule has 0 fully saturated rings. The van der Waals surface area contributed by atoms with Crippen molar-refractivity contribution in [3.63, 3.8) is 0 Å². The molecular weight excluding hydrogens is 550 g/mol. The summed E-state index contributed by atoms with van der Waals surface area (Å²) in [4.78, 5) is 2.38. The van der Waals surface area contributed by atoms with Gasteiger partial charge in [0, 0.05) is 21.5 Å². The summed E-state index contributed by atoms with van der Waals surface area (Å²) in [7, 11) is 0. The van der Waals surface area contributed by atoms with Gasteiger partial charge in [-0.2, -0.15) is 0 Å². The molecule has 0 aromatic heterocycles. The molecule has 0 saturated carbocycles. The first kappa shape index (κ1) is 24.4. The maximum atomic E-state index is 3.63. The molecule has 0 aliphatic heterocycles. The highest BCUT2D eigenvalue weighted by Gasteiger charge is 2.17. The third-order valence-electron chi connectivity index (χ3n) is 7.43. The minimum atomic E-state index is 1.09. The molecule has 40 heavy (non-hydrogen) atoms. The molecule has 0 atom stereocenters. The third kappa shape index (κ3) is 4.79. The van der Waals surface area contributed by atoms with Gasteiger partial charge in [-0.05, 0) is 98.4 Å². The van der Waals surface area contributed by atoms with Crippen molar-refractivity contribution in [3.05, 3.63) is 162 Å². The SMILES string of the molecule is Brc1ccc2cc(N(c3cc(-c4ccccc4)cc(-c4ccccc4)c3)c3ccc4ccccc4c3)ccc2c1. The Labute approximate surface area is 243 Å². The van der Waals surface area contributed by atoms with Crippen LogP contribution in [0.3, 0.4) is 0 Å². The maximum absolute atomic E-state index is 3.63. The summed E-state index contributed by atoms with van der Waals surface area (Å²) < 4.78 is 1.09.